The van der Waals surface area contributed by atoms with E-state index in [0.29, 0.717) is 32.4 Å². The second-order valence-corrected chi connectivity index (χ2v) is 6.51. The summed E-state index contributed by atoms with van der Waals surface area (Å²) in [5, 5.41) is 21.3. The van der Waals surface area contributed by atoms with E-state index < -0.39 is 5.54 Å². The Bertz CT molecular complexity index is 560. The Balaban J connectivity index is 1.92. The van der Waals surface area contributed by atoms with Gasteiger partial charge in [-0.25, -0.2) is 0 Å². The summed E-state index contributed by atoms with van der Waals surface area (Å²) in [5.41, 5.74) is -0.137. The van der Waals surface area contributed by atoms with Gasteiger partial charge in [0, 0.05) is 37.8 Å². The molecule has 1 atom stereocenters. The van der Waals surface area contributed by atoms with Crippen molar-refractivity contribution in [1.82, 2.24) is 15.2 Å². The molecule has 7 heteroatoms. The summed E-state index contributed by atoms with van der Waals surface area (Å²) in [7, 11) is 0. The second-order valence-electron chi connectivity index (χ2n) is 6.51. The number of likely N-dealkylation sites (tertiary alicyclic amines) is 1. The average molecular weight is 335 g/mol. The highest BCUT2D eigenvalue weighted by Crippen LogP contribution is 2.19. The monoisotopic (exact) mass is 335 g/mol. The average Bonchev–Trinajstić information content (AvgIpc) is 2.61. The number of pyridine rings is 1. The van der Waals surface area contributed by atoms with Crippen LogP contribution < -0.4 is 5.32 Å². The van der Waals surface area contributed by atoms with E-state index in [2.05, 4.69) is 10.3 Å². The van der Waals surface area contributed by atoms with Crippen LogP contribution >= 0.6 is 0 Å². The predicted molar refractivity (Wildman–Crippen MR) is 88.0 cm³/mol. The molecule has 1 unspecified atom stereocenters. The quantitative estimate of drug-likeness (QED) is 0.636. The van der Waals surface area contributed by atoms with E-state index in [-0.39, 0.29) is 30.9 Å². The Labute approximate surface area is 141 Å². The van der Waals surface area contributed by atoms with Crippen molar-refractivity contribution in [3.05, 3.63) is 30.1 Å². The molecule has 1 saturated heterocycles. The van der Waals surface area contributed by atoms with Crippen molar-refractivity contribution in [1.29, 1.82) is 0 Å². The Kier molecular flexibility index (Phi) is 6.28. The number of carbonyl (C=O) groups excluding carboxylic acids is 2. The predicted octanol–water partition coefficient (Wildman–Crippen LogP) is -0.278. The van der Waals surface area contributed by atoms with E-state index in [1.807, 2.05) is 18.2 Å². The fraction of sp³-hybridized carbons (Fsp3) is 0.588. The van der Waals surface area contributed by atoms with Crippen LogP contribution in [-0.4, -0.2) is 63.8 Å². The lowest BCUT2D eigenvalue weighted by Gasteiger charge is -2.34. The van der Waals surface area contributed by atoms with Gasteiger partial charge in [-0.2, -0.15) is 0 Å². The molecular formula is C17H25N3O4. The first-order valence-corrected chi connectivity index (χ1v) is 8.19. The summed E-state index contributed by atoms with van der Waals surface area (Å²) in [5.74, 6) is -0.526. The van der Waals surface area contributed by atoms with Gasteiger partial charge in [-0.15, -0.1) is 0 Å². The Morgan fingerprint density at radius 1 is 1.42 bits per heavy atom. The van der Waals surface area contributed by atoms with Crippen LogP contribution in [0.3, 0.4) is 0 Å². The molecule has 1 fully saturated rings. The van der Waals surface area contributed by atoms with Crippen LogP contribution in [0.2, 0.25) is 0 Å². The van der Waals surface area contributed by atoms with Crippen LogP contribution in [0.15, 0.2) is 24.4 Å². The van der Waals surface area contributed by atoms with Gasteiger partial charge in [-0.3, -0.25) is 14.6 Å². The molecule has 0 spiro atoms. The smallest absolute Gasteiger partial charge is 0.225 e. The maximum absolute atomic E-state index is 12.4. The lowest BCUT2D eigenvalue weighted by Crippen LogP contribution is -2.55. The molecule has 1 aromatic heterocycles. The first-order chi connectivity index (χ1) is 11.5. The minimum atomic E-state index is -1.04. The number of hydrogen-bond acceptors (Lipinski definition) is 5. The molecule has 0 saturated carbocycles. The normalized spacial score (nSPS) is 18.5. The molecule has 2 rings (SSSR count). The number of piperidine rings is 1. The number of hydrogen-bond donors (Lipinski definition) is 3. The van der Waals surface area contributed by atoms with Crippen LogP contribution in [0.25, 0.3) is 0 Å². The van der Waals surface area contributed by atoms with E-state index >= 15 is 0 Å². The summed E-state index contributed by atoms with van der Waals surface area (Å²) in [6.07, 6.45) is 3.17. The zero-order valence-corrected chi connectivity index (χ0v) is 13.9. The third-order valence-electron chi connectivity index (χ3n) is 4.36. The van der Waals surface area contributed by atoms with Gasteiger partial charge < -0.3 is 20.4 Å². The zero-order chi connectivity index (χ0) is 17.6. The van der Waals surface area contributed by atoms with Crippen LogP contribution in [0.5, 0.6) is 0 Å². The highest BCUT2D eigenvalue weighted by Gasteiger charge is 2.33. The van der Waals surface area contributed by atoms with Gasteiger partial charge in [0.05, 0.1) is 24.7 Å². The topological polar surface area (TPSA) is 103 Å². The third-order valence-corrected chi connectivity index (χ3v) is 4.36. The third kappa shape index (κ3) is 4.75. The molecule has 0 bridgehead atoms. The summed E-state index contributed by atoms with van der Waals surface area (Å²) in [4.78, 5) is 30.4. The summed E-state index contributed by atoms with van der Waals surface area (Å²) >= 11 is 0. The van der Waals surface area contributed by atoms with Crippen molar-refractivity contribution in [2.45, 2.75) is 31.7 Å². The fourth-order valence-electron chi connectivity index (χ4n) is 2.67. The molecule has 7 nitrogen and oxygen atoms in total. The summed E-state index contributed by atoms with van der Waals surface area (Å²) < 4.78 is 0. The molecule has 3 N–H and O–H groups in total. The van der Waals surface area contributed by atoms with Gasteiger partial charge in [-0.05, 0) is 25.5 Å². The standard InChI is InChI=1S/C17H25N3O4/c1-17(11-21,12-22)19-16(24)13-5-6-15(23)20(10-13)9-7-14-4-2-3-8-18-14/h2-4,8,13,21-22H,5-7,9-12H2,1H3,(H,19,24). The van der Waals surface area contributed by atoms with Gasteiger partial charge in [0.25, 0.3) is 0 Å². The largest absolute Gasteiger partial charge is 0.394 e. The number of nitrogens with zero attached hydrogens (tertiary/aromatic N) is 2. The molecule has 0 aliphatic carbocycles. The molecular weight excluding hydrogens is 310 g/mol. The van der Waals surface area contributed by atoms with Gasteiger partial charge >= 0.3 is 0 Å². The number of nitrogens with one attached hydrogen (secondary N) is 1. The van der Waals surface area contributed by atoms with Crippen molar-refractivity contribution < 1.29 is 19.8 Å². The molecule has 2 amide bonds. The molecule has 132 valence electrons. The number of amides is 2. The molecule has 24 heavy (non-hydrogen) atoms. The Morgan fingerprint density at radius 2 is 2.17 bits per heavy atom. The van der Waals surface area contributed by atoms with Crippen LogP contribution in [0.4, 0.5) is 0 Å². The molecule has 0 radical (unpaired) electrons. The van der Waals surface area contributed by atoms with Crippen molar-refractivity contribution >= 4 is 11.8 Å². The number of rotatable bonds is 7. The minimum absolute atomic E-state index is 0.0436. The molecule has 1 aromatic rings. The number of carbonyl (C=O) groups is 2. The first-order valence-electron chi connectivity index (χ1n) is 8.19. The number of aliphatic hydroxyl groups is 2. The zero-order valence-electron chi connectivity index (χ0n) is 13.9. The van der Waals surface area contributed by atoms with E-state index in [9.17, 15) is 19.8 Å². The van der Waals surface area contributed by atoms with Crippen molar-refractivity contribution in [3.8, 4) is 0 Å². The van der Waals surface area contributed by atoms with Crippen molar-refractivity contribution in [2.75, 3.05) is 26.3 Å². The first kappa shape index (κ1) is 18.4. The lowest BCUT2D eigenvalue weighted by atomic mass is 9.94. The van der Waals surface area contributed by atoms with Gasteiger partial charge in [0.15, 0.2) is 0 Å². The second kappa shape index (κ2) is 8.21. The van der Waals surface area contributed by atoms with Crippen LogP contribution in [0.1, 0.15) is 25.5 Å². The number of aromatic nitrogens is 1. The highest BCUT2D eigenvalue weighted by molar-refractivity contribution is 5.84. The van der Waals surface area contributed by atoms with Gasteiger partial charge in [-0.1, -0.05) is 6.07 Å². The van der Waals surface area contributed by atoms with E-state index in [0.717, 1.165) is 5.69 Å². The maximum Gasteiger partial charge on any atom is 0.225 e. The summed E-state index contributed by atoms with van der Waals surface area (Å²) in [6.45, 7) is 1.77. The highest BCUT2D eigenvalue weighted by atomic mass is 16.3. The van der Waals surface area contributed by atoms with Crippen LogP contribution in [-0.2, 0) is 16.0 Å². The van der Waals surface area contributed by atoms with E-state index in [1.54, 1.807) is 18.0 Å². The Hall–Kier alpha value is -1.99. The van der Waals surface area contributed by atoms with Crippen LogP contribution in [0, 0.1) is 5.92 Å². The minimum Gasteiger partial charge on any atom is -0.394 e. The van der Waals surface area contributed by atoms with E-state index in [4.69, 9.17) is 0 Å². The van der Waals surface area contributed by atoms with Crippen molar-refractivity contribution in [2.24, 2.45) is 5.92 Å². The molecule has 2 heterocycles. The lowest BCUT2D eigenvalue weighted by molar-refractivity contribution is -0.139. The van der Waals surface area contributed by atoms with Gasteiger partial charge in [0.2, 0.25) is 11.8 Å². The van der Waals surface area contributed by atoms with Crippen molar-refractivity contribution in [3.63, 3.8) is 0 Å². The Morgan fingerprint density at radius 3 is 2.79 bits per heavy atom. The van der Waals surface area contributed by atoms with E-state index in [1.165, 1.54) is 0 Å². The maximum atomic E-state index is 12.4. The number of aliphatic hydroxyl groups excluding tert-OH is 2. The molecule has 1 aliphatic rings. The molecule has 0 aromatic carbocycles. The molecule has 1 aliphatic heterocycles. The van der Waals surface area contributed by atoms with Gasteiger partial charge in [0.1, 0.15) is 0 Å². The SMILES string of the molecule is CC(CO)(CO)NC(=O)C1CCC(=O)N(CCc2ccccn2)C1. The summed E-state index contributed by atoms with van der Waals surface area (Å²) in [6, 6.07) is 5.66. The fourth-order valence-corrected chi connectivity index (χ4v) is 2.67.